The average molecular weight is 390 g/mol. The smallest absolute Gasteiger partial charge is 0.262 e. The van der Waals surface area contributed by atoms with E-state index in [9.17, 15) is 4.79 Å². The number of ether oxygens (including phenoxy) is 1. The number of rotatable bonds is 4. The predicted molar refractivity (Wildman–Crippen MR) is 89.1 cm³/mol. The first-order valence-corrected chi connectivity index (χ1v) is 7.43. The molecule has 0 heterocycles. The molecule has 0 aromatic heterocycles. The van der Waals surface area contributed by atoms with E-state index < -0.39 is 0 Å². The van der Waals surface area contributed by atoms with Gasteiger partial charge in [-0.3, -0.25) is 4.79 Å². The van der Waals surface area contributed by atoms with Gasteiger partial charge in [0.25, 0.3) is 5.91 Å². The highest BCUT2D eigenvalue weighted by Gasteiger charge is 2.10. The van der Waals surface area contributed by atoms with Crippen molar-refractivity contribution in [3.63, 3.8) is 0 Å². The van der Waals surface area contributed by atoms with E-state index in [4.69, 9.17) is 33.7 Å². The molecule has 0 radical (unpaired) electrons. The zero-order chi connectivity index (χ0) is 15.4. The van der Waals surface area contributed by atoms with E-state index in [1.54, 1.807) is 36.4 Å². The molecule has 2 aromatic rings. The molecule has 110 valence electrons. The van der Waals surface area contributed by atoms with Gasteiger partial charge in [0.1, 0.15) is 0 Å². The van der Waals surface area contributed by atoms with Crippen molar-refractivity contribution in [2.75, 3.05) is 17.7 Å². The Morgan fingerprint density at radius 3 is 2.48 bits per heavy atom. The quantitative estimate of drug-likeness (QED) is 0.763. The summed E-state index contributed by atoms with van der Waals surface area (Å²) in [5.74, 6) is 0.0734. The van der Waals surface area contributed by atoms with Crippen LogP contribution in [0.25, 0.3) is 0 Å². The fourth-order valence-corrected chi connectivity index (χ4v) is 2.67. The van der Waals surface area contributed by atoms with E-state index >= 15 is 0 Å². The fourth-order valence-electron chi connectivity index (χ4n) is 1.60. The summed E-state index contributed by atoms with van der Waals surface area (Å²) in [6, 6.07) is 9.97. The van der Waals surface area contributed by atoms with Crippen molar-refractivity contribution in [1.82, 2.24) is 0 Å². The number of hydrogen-bond acceptors (Lipinski definition) is 3. The van der Waals surface area contributed by atoms with Gasteiger partial charge in [0.15, 0.2) is 12.4 Å². The molecule has 4 nitrogen and oxygen atoms in total. The van der Waals surface area contributed by atoms with Crippen molar-refractivity contribution >= 4 is 56.4 Å². The molecule has 0 atom stereocenters. The molecule has 0 spiro atoms. The number of halogens is 3. The van der Waals surface area contributed by atoms with E-state index in [1.807, 2.05) is 0 Å². The zero-order valence-corrected chi connectivity index (χ0v) is 13.8. The molecular weight excluding hydrogens is 379 g/mol. The molecule has 21 heavy (non-hydrogen) atoms. The largest absolute Gasteiger partial charge is 0.480 e. The second kappa shape index (κ2) is 7.02. The number of carbonyl (C=O) groups is 1. The van der Waals surface area contributed by atoms with Gasteiger partial charge in [-0.15, -0.1) is 0 Å². The van der Waals surface area contributed by atoms with Crippen molar-refractivity contribution in [3.05, 3.63) is 50.9 Å². The van der Waals surface area contributed by atoms with Crippen LogP contribution in [0.5, 0.6) is 5.75 Å². The Morgan fingerprint density at radius 2 is 1.86 bits per heavy atom. The third kappa shape index (κ3) is 4.52. The van der Waals surface area contributed by atoms with Crippen LogP contribution >= 0.6 is 39.1 Å². The number of nitrogen functional groups attached to an aromatic ring is 1. The number of carbonyl (C=O) groups excluding carboxylic acids is 1. The molecule has 0 aliphatic rings. The van der Waals surface area contributed by atoms with Crippen LogP contribution in [0.15, 0.2) is 40.9 Å². The first kappa shape index (κ1) is 15.9. The standard InChI is InChI=1S/C14H11BrCl2N2O2/c15-11-5-9(17)6-12(18)14(11)21-7-13(20)19-10-3-1-8(16)2-4-10/h1-6H,7,18H2,(H,19,20). The van der Waals surface area contributed by atoms with Crippen molar-refractivity contribution in [1.29, 1.82) is 0 Å². The number of anilines is 2. The molecule has 0 aliphatic carbocycles. The van der Waals surface area contributed by atoms with Gasteiger partial charge in [-0.05, 0) is 52.3 Å². The van der Waals surface area contributed by atoms with E-state index in [0.29, 0.717) is 31.6 Å². The minimum atomic E-state index is -0.307. The Morgan fingerprint density at radius 1 is 1.19 bits per heavy atom. The normalized spacial score (nSPS) is 10.2. The van der Waals surface area contributed by atoms with Crippen LogP contribution in [0.3, 0.4) is 0 Å². The molecule has 1 amide bonds. The lowest BCUT2D eigenvalue weighted by Crippen LogP contribution is -2.20. The van der Waals surface area contributed by atoms with E-state index in [-0.39, 0.29) is 12.5 Å². The van der Waals surface area contributed by atoms with Crippen molar-refractivity contribution in [2.24, 2.45) is 0 Å². The SMILES string of the molecule is Nc1cc(Cl)cc(Br)c1OCC(=O)Nc1ccc(Cl)cc1. The molecule has 7 heteroatoms. The molecule has 2 aromatic carbocycles. The molecule has 0 fully saturated rings. The molecule has 0 saturated heterocycles. The third-order valence-electron chi connectivity index (χ3n) is 2.51. The summed E-state index contributed by atoms with van der Waals surface area (Å²) in [7, 11) is 0. The lowest BCUT2D eigenvalue weighted by molar-refractivity contribution is -0.118. The summed E-state index contributed by atoms with van der Waals surface area (Å²) < 4.78 is 6.00. The summed E-state index contributed by atoms with van der Waals surface area (Å²) in [5, 5.41) is 3.77. The van der Waals surface area contributed by atoms with Crippen LogP contribution in [0.1, 0.15) is 0 Å². The first-order chi connectivity index (χ1) is 9.95. The number of benzene rings is 2. The topological polar surface area (TPSA) is 64.3 Å². The Labute approximate surface area is 140 Å². The van der Waals surface area contributed by atoms with Crippen LogP contribution in [0.4, 0.5) is 11.4 Å². The maximum atomic E-state index is 11.8. The van der Waals surface area contributed by atoms with Gasteiger partial charge in [-0.1, -0.05) is 23.2 Å². The summed E-state index contributed by atoms with van der Waals surface area (Å²) in [6.07, 6.45) is 0. The highest BCUT2D eigenvalue weighted by atomic mass is 79.9. The zero-order valence-electron chi connectivity index (χ0n) is 10.7. The second-order valence-electron chi connectivity index (χ2n) is 4.15. The van der Waals surface area contributed by atoms with Crippen molar-refractivity contribution < 1.29 is 9.53 Å². The molecule has 0 aliphatic heterocycles. The van der Waals surface area contributed by atoms with Crippen molar-refractivity contribution in [2.45, 2.75) is 0 Å². The maximum absolute atomic E-state index is 11.8. The highest BCUT2D eigenvalue weighted by molar-refractivity contribution is 9.10. The van der Waals surface area contributed by atoms with Gasteiger partial charge in [-0.25, -0.2) is 0 Å². The summed E-state index contributed by atoms with van der Waals surface area (Å²) in [6.45, 7) is -0.174. The number of hydrogen-bond donors (Lipinski definition) is 2. The Hall–Kier alpha value is -1.43. The summed E-state index contributed by atoms with van der Waals surface area (Å²) in [4.78, 5) is 11.8. The molecular formula is C14H11BrCl2N2O2. The maximum Gasteiger partial charge on any atom is 0.262 e. The number of amides is 1. The van der Waals surface area contributed by atoms with Gasteiger partial charge in [-0.2, -0.15) is 0 Å². The van der Waals surface area contributed by atoms with Crippen LogP contribution in [-0.2, 0) is 4.79 Å². The third-order valence-corrected chi connectivity index (χ3v) is 3.57. The van der Waals surface area contributed by atoms with Gasteiger partial charge in [0, 0.05) is 15.7 Å². The summed E-state index contributed by atoms with van der Waals surface area (Å²) in [5.41, 5.74) is 6.78. The lowest BCUT2D eigenvalue weighted by Gasteiger charge is -2.11. The molecule has 2 rings (SSSR count). The molecule has 0 bridgehead atoms. The van der Waals surface area contributed by atoms with Crippen LogP contribution in [-0.4, -0.2) is 12.5 Å². The second-order valence-corrected chi connectivity index (χ2v) is 5.88. The Bertz CT molecular complexity index is 640. The molecule has 3 N–H and O–H groups in total. The Balaban J connectivity index is 1.97. The van der Waals surface area contributed by atoms with Crippen LogP contribution in [0.2, 0.25) is 10.0 Å². The Kier molecular flexibility index (Phi) is 5.33. The van der Waals surface area contributed by atoms with Crippen LogP contribution in [0, 0.1) is 0 Å². The highest BCUT2D eigenvalue weighted by Crippen LogP contribution is 2.34. The predicted octanol–water partition coefficient (Wildman–Crippen LogP) is 4.36. The average Bonchev–Trinajstić information content (AvgIpc) is 2.40. The number of nitrogens with one attached hydrogen (secondary N) is 1. The first-order valence-electron chi connectivity index (χ1n) is 5.88. The van der Waals surface area contributed by atoms with Crippen LogP contribution < -0.4 is 15.8 Å². The molecule has 0 saturated carbocycles. The van der Waals surface area contributed by atoms with Crippen molar-refractivity contribution in [3.8, 4) is 5.75 Å². The van der Waals surface area contributed by atoms with Gasteiger partial charge in [0.05, 0.1) is 10.2 Å². The summed E-state index contributed by atoms with van der Waals surface area (Å²) >= 11 is 14.9. The van der Waals surface area contributed by atoms with Gasteiger partial charge in [0.2, 0.25) is 0 Å². The number of nitrogens with two attached hydrogens (primary N) is 1. The van der Waals surface area contributed by atoms with Gasteiger partial charge < -0.3 is 15.8 Å². The minimum Gasteiger partial charge on any atom is -0.480 e. The molecule has 0 unspecified atom stereocenters. The van der Waals surface area contributed by atoms with E-state index in [0.717, 1.165) is 0 Å². The van der Waals surface area contributed by atoms with E-state index in [1.165, 1.54) is 0 Å². The monoisotopic (exact) mass is 388 g/mol. The fraction of sp³-hybridized carbons (Fsp3) is 0.0714. The van der Waals surface area contributed by atoms with Gasteiger partial charge >= 0.3 is 0 Å². The van der Waals surface area contributed by atoms with E-state index in [2.05, 4.69) is 21.2 Å². The minimum absolute atomic E-state index is 0.174. The lowest BCUT2D eigenvalue weighted by atomic mass is 10.3.